The van der Waals surface area contributed by atoms with Crippen LogP contribution in [0.3, 0.4) is 0 Å². The van der Waals surface area contributed by atoms with Gasteiger partial charge in [-0.25, -0.2) is 4.21 Å². The molecule has 1 unspecified atom stereocenters. The summed E-state index contributed by atoms with van der Waals surface area (Å²) in [6, 6.07) is 21.0. The first-order valence-corrected chi connectivity index (χ1v) is 12.9. The largest absolute Gasteiger partial charge is 0.407 e. The molecule has 0 radical (unpaired) electrons. The molecule has 3 nitrogen and oxygen atoms in total. The van der Waals surface area contributed by atoms with Crippen LogP contribution in [0.1, 0.15) is 27.7 Å². The second kappa shape index (κ2) is 9.79. The van der Waals surface area contributed by atoms with Crippen LogP contribution in [-0.4, -0.2) is 29.4 Å². The number of hydrogen-bond donors (Lipinski definition) is 1. The topological polar surface area (TPSA) is 46.5 Å². The van der Waals surface area contributed by atoms with E-state index in [1.165, 1.54) is 10.4 Å². The Labute approximate surface area is 173 Å². The molecule has 0 aliphatic heterocycles. The fraction of sp³-hybridized carbons (Fsp3) is 0.391. The molecule has 0 saturated heterocycles. The molecule has 0 aromatic heterocycles. The molecule has 0 heterocycles. The Morgan fingerprint density at radius 1 is 1.07 bits per heavy atom. The zero-order valence-electron chi connectivity index (χ0n) is 17.3. The van der Waals surface area contributed by atoms with Gasteiger partial charge in [-0.3, -0.25) is 0 Å². The van der Waals surface area contributed by atoms with Gasteiger partial charge in [0.05, 0.1) is 5.75 Å². The third-order valence-electron chi connectivity index (χ3n) is 5.35. The van der Waals surface area contributed by atoms with Gasteiger partial charge in [0.2, 0.25) is 0 Å². The second-order valence-corrected chi connectivity index (χ2v) is 13.6. The zero-order valence-corrected chi connectivity index (χ0v) is 19.1. The van der Waals surface area contributed by atoms with Crippen molar-refractivity contribution in [1.29, 1.82) is 0 Å². The first-order valence-electron chi connectivity index (χ1n) is 9.67. The van der Waals surface area contributed by atoms with Gasteiger partial charge < -0.3 is 8.98 Å². The van der Waals surface area contributed by atoms with Gasteiger partial charge in [0.25, 0.3) is 8.32 Å². The summed E-state index contributed by atoms with van der Waals surface area (Å²) in [7, 11) is -2.60. The Balaban J connectivity index is 2.49. The van der Waals surface area contributed by atoms with Crippen LogP contribution in [0.15, 0.2) is 73.3 Å². The van der Waals surface area contributed by atoms with Crippen molar-refractivity contribution in [3.8, 4) is 0 Å². The van der Waals surface area contributed by atoms with E-state index in [4.69, 9.17) is 4.43 Å². The molecular formula is C23H32O3SSi. The summed E-state index contributed by atoms with van der Waals surface area (Å²) in [4.78, 5) is 0. The summed E-state index contributed by atoms with van der Waals surface area (Å²) >= 11 is -1.82. The molecule has 3 atom stereocenters. The summed E-state index contributed by atoms with van der Waals surface area (Å²) in [6.07, 6.45) is 1.86. The van der Waals surface area contributed by atoms with E-state index in [1.54, 1.807) is 0 Å². The van der Waals surface area contributed by atoms with Crippen LogP contribution >= 0.6 is 0 Å². The summed E-state index contributed by atoms with van der Waals surface area (Å²) in [6.45, 7) is 13.1. The van der Waals surface area contributed by atoms with Gasteiger partial charge in [0, 0.05) is 12.5 Å². The van der Waals surface area contributed by atoms with Gasteiger partial charge in [0.15, 0.2) is 11.1 Å². The van der Waals surface area contributed by atoms with Crippen LogP contribution in [0.25, 0.3) is 0 Å². The minimum absolute atomic E-state index is 0.0118. The third-order valence-corrected chi connectivity index (χ3v) is 11.2. The SMILES string of the molecule is C=C[C@@H](CO[Si](c1ccccc1)(c1ccccc1)C(C)(C)C)[C@@H](C)CS(=O)O. The molecule has 0 spiro atoms. The van der Waals surface area contributed by atoms with Crippen molar-refractivity contribution >= 4 is 29.8 Å². The molecule has 0 fully saturated rings. The first kappa shape index (κ1) is 22.8. The Morgan fingerprint density at radius 3 is 1.89 bits per heavy atom. The van der Waals surface area contributed by atoms with Crippen LogP contribution in [0, 0.1) is 11.8 Å². The minimum atomic E-state index is -2.60. The lowest BCUT2D eigenvalue weighted by Gasteiger charge is -2.44. The van der Waals surface area contributed by atoms with Gasteiger partial charge in [-0.05, 0) is 21.3 Å². The maximum atomic E-state index is 11.3. The van der Waals surface area contributed by atoms with Crippen molar-refractivity contribution in [3.63, 3.8) is 0 Å². The molecule has 152 valence electrons. The van der Waals surface area contributed by atoms with Crippen molar-refractivity contribution in [2.24, 2.45) is 11.8 Å². The minimum Gasteiger partial charge on any atom is -0.407 e. The van der Waals surface area contributed by atoms with E-state index >= 15 is 0 Å². The van der Waals surface area contributed by atoms with Gasteiger partial charge >= 0.3 is 0 Å². The highest BCUT2D eigenvalue weighted by Crippen LogP contribution is 2.37. The lowest BCUT2D eigenvalue weighted by molar-refractivity contribution is 0.230. The third kappa shape index (κ3) is 5.09. The Morgan fingerprint density at radius 2 is 1.54 bits per heavy atom. The van der Waals surface area contributed by atoms with Crippen molar-refractivity contribution in [1.82, 2.24) is 0 Å². The predicted octanol–water partition coefficient (Wildman–Crippen LogP) is 4.22. The molecule has 0 aliphatic carbocycles. The predicted molar refractivity (Wildman–Crippen MR) is 122 cm³/mol. The molecule has 0 saturated carbocycles. The van der Waals surface area contributed by atoms with Gasteiger partial charge in [-0.15, -0.1) is 6.58 Å². The molecule has 0 bridgehead atoms. The van der Waals surface area contributed by atoms with Gasteiger partial charge in [-0.2, -0.15) is 0 Å². The molecule has 2 aromatic rings. The van der Waals surface area contributed by atoms with E-state index in [-0.39, 0.29) is 22.6 Å². The number of benzene rings is 2. The van der Waals surface area contributed by atoms with Crippen molar-refractivity contribution in [2.45, 2.75) is 32.7 Å². The van der Waals surface area contributed by atoms with Crippen LogP contribution in [0.4, 0.5) is 0 Å². The van der Waals surface area contributed by atoms with Crippen LogP contribution in [-0.2, 0) is 15.5 Å². The van der Waals surface area contributed by atoms with Crippen LogP contribution < -0.4 is 10.4 Å². The quantitative estimate of drug-likeness (QED) is 0.378. The van der Waals surface area contributed by atoms with E-state index < -0.39 is 19.4 Å². The highest BCUT2D eigenvalue weighted by atomic mass is 32.2. The van der Waals surface area contributed by atoms with Crippen LogP contribution in [0.5, 0.6) is 0 Å². The average molecular weight is 417 g/mol. The summed E-state index contributed by atoms with van der Waals surface area (Å²) in [5, 5.41) is 2.37. The van der Waals surface area contributed by atoms with Crippen LogP contribution in [0.2, 0.25) is 5.04 Å². The molecule has 1 N–H and O–H groups in total. The summed E-state index contributed by atoms with van der Waals surface area (Å²) in [5.74, 6) is 0.250. The first-order chi connectivity index (χ1) is 13.2. The molecule has 0 amide bonds. The monoisotopic (exact) mass is 416 g/mol. The lowest BCUT2D eigenvalue weighted by Crippen LogP contribution is -2.67. The molecule has 5 heteroatoms. The van der Waals surface area contributed by atoms with Crippen molar-refractivity contribution in [2.75, 3.05) is 12.4 Å². The van der Waals surface area contributed by atoms with Crippen molar-refractivity contribution in [3.05, 3.63) is 73.3 Å². The smallest absolute Gasteiger partial charge is 0.261 e. The second-order valence-electron chi connectivity index (χ2n) is 8.34. The fourth-order valence-electron chi connectivity index (χ4n) is 3.80. The maximum absolute atomic E-state index is 11.3. The highest BCUT2D eigenvalue weighted by molar-refractivity contribution is 7.79. The Kier molecular flexibility index (Phi) is 7.95. The normalized spacial score (nSPS) is 15.6. The van der Waals surface area contributed by atoms with E-state index in [1.807, 2.05) is 25.1 Å². The highest BCUT2D eigenvalue weighted by Gasteiger charge is 2.50. The molecule has 2 aromatic carbocycles. The Bertz CT molecular complexity index is 732. The van der Waals surface area contributed by atoms with E-state index in [9.17, 15) is 8.76 Å². The van der Waals surface area contributed by atoms with E-state index in [0.717, 1.165) is 0 Å². The zero-order chi connectivity index (χ0) is 20.8. The van der Waals surface area contributed by atoms with E-state index in [2.05, 4.69) is 75.9 Å². The molecule has 0 aliphatic rings. The summed E-state index contributed by atoms with van der Waals surface area (Å²) < 4.78 is 27.5. The Hall–Kier alpha value is -1.53. The standard InChI is InChI=1S/C23H32O3SSi/c1-6-20(19(2)18-27(24)25)17-26-28(23(3,4)5,21-13-9-7-10-14-21)22-15-11-8-12-16-22/h6-16,19-20H,1,17-18H2,2-5H3,(H,24,25)/t19-,20-/m0/s1. The lowest BCUT2D eigenvalue weighted by atomic mass is 9.97. The summed E-state index contributed by atoms with van der Waals surface area (Å²) in [5.41, 5.74) is 0. The van der Waals surface area contributed by atoms with Gasteiger partial charge in [0.1, 0.15) is 0 Å². The fourth-order valence-corrected chi connectivity index (χ4v) is 9.09. The molecular weight excluding hydrogens is 384 g/mol. The van der Waals surface area contributed by atoms with E-state index in [0.29, 0.717) is 6.61 Å². The number of hydrogen-bond acceptors (Lipinski definition) is 2. The number of rotatable bonds is 9. The molecule has 2 rings (SSSR count). The maximum Gasteiger partial charge on any atom is 0.261 e. The molecule has 28 heavy (non-hydrogen) atoms. The van der Waals surface area contributed by atoms with Gasteiger partial charge in [-0.1, -0.05) is 94.4 Å². The average Bonchev–Trinajstić information content (AvgIpc) is 2.65. The van der Waals surface area contributed by atoms with Crippen molar-refractivity contribution < 1.29 is 13.2 Å².